The van der Waals surface area contributed by atoms with Crippen molar-refractivity contribution in [3.05, 3.63) is 112 Å². The van der Waals surface area contributed by atoms with Gasteiger partial charge in [-0.3, -0.25) is 0 Å². The van der Waals surface area contributed by atoms with Crippen LogP contribution in [0.2, 0.25) is 5.54 Å². The van der Waals surface area contributed by atoms with Gasteiger partial charge in [0.2, 0.25) is 0 Å². The van der Waals surface area contributed by atoms with Gasteiger partial charge in [-0.2, -0.15) is 0 Å². The van der Waals surface area contributed by atoms with Gasteiger partial charge in [0.25, 0.3) is 0 Å². The second kappa shape index (κ2) is 30.5. The van der Waals surface area contributed by atoms with Crippen LogP contribution in [0.25, 0.3) is 0 Å². The summed E-state index contributed by atoms with van der Waals surface area (Å²) in [6.45, 7) is 19.1. The molecule has 63 heavy (non-hydrogen) atoms. The monoisotopic (exact) mass is 871 g/mol. The Kier molecular flexibility index (Phi) is 25.7. The summed E-state index contributed by atoms with van der Waals surface area (Å²) in [5.74, 6) is 0.499. The second-order valence-electron chi connectivity index (χ2n) is 20.5. The van der Waals surface area contributed by atoms with Gasteiger partial charge >= 0.3 is 0 Å². The normalized spacial score (nSPS) is 14.0. The van der Waals surface area contributed by atoms with Crippen molar-refractivity contribution in [2.45, 2.75) is 254 Å². The van der Waals surface area contributed by atoms with Gasteiger partial charge in [-0.25, -0.2) is 0 Å². The van der Waals surface area contributed by atoms with Crippen molar-refractivity contribution >= 4 is 23.6 Å². The lowest BCUT2D eigenvalue weighted by molar-refractivity contribution is 0.661. The van der Waals surface area contributed by atoms with Crippen molar-refractivity contribution in [2.24, 2.45) is 5.92 Å². The van der Waals surface area contributed by atoms with Gasteiger partial charge in [0.05, 0.1) is 0 Å². The fraction of sp³-hybridized carbons (Fsp3) is 0.645. The smallest absolute Gasteiger partial charge is 0.0790 e. The maximum atomic E-state index is 2.81. The van der Waals surface area contributed by atoms with E-state index in [1.165, 1.54) is 193 Å². The van der Waals surface area contributed by atoms with Crippen LogP contribution in [-0.4, -0.2) is 8.07 Å². The summed E-state index contributed by atoms with van der Waals surface area (Å²) < 4.78 is 0. The maximum Gasteiger partial charge on any atom is 0.159 e. The van der Waals surface area contributed by atoms with E-state index in [4.69, 9.17) is 0 Å². The van der Waals surface area contributed by atoms with E-state index in [9.17, 15) is 0 Å². The third-order valence-electron chi connectivity index (χ3n) is 14.5. The van der Waals surface area contributed by atoms with Crippen LogP contribution < -0.4 is 15.6 Å². The van der Waals surface area contributed by atoms with Gasteiger partial charge in [0.15, 0.2) is 8.07 Å². The van der Waals surface area contributed by atoms with Crippen molar-refractivity contribution in [1.29, 1.82) is 0 Å². The molecule has 350 valence electrons. The van der Waals surface area contributed by atoms with Gasteiger partial charge in [-0.15, -0.1) is 0 Å². The highest BCUT2D eigenvalue weighted by Crippen LogP contribution is 2.40. The number of allylic oxidation sites excluding steroid dienone is 4. The van der Waals surface area contributed by atoms with Crippen molar-refractivity contribution in [3.8, 4) is 0 Å². The molecule has 0 bridgehead atoms. The third kappa shape index (κ3) is 16.9. The summed E-state index contributed by atoms with van der Waals surface area (Å²) in [4.78, 5) is 0. The van der Waals surface area contributed by atoms with Crippen LogP contribution in [-0.2, 0) is 38.5 Å². The van der Waals surface area contributed by atoms with E-state index >= 15 is 0 Å². The van der Waals surface area contributed by atoms with Gasteiger partial charge in [0.1, 0.15) is 0 Å². The first-order valence-corrected chi connectivity index (χ1v) is 29.7. The standard InChI is InChI=1S/C62H98Si/c1-9-15-21-27-34-52-42-53(35-28-22-16-10-2)46-58(45-52)63(62-41-33-40-61(62)51(7)8,59-47-54(36-29-23-17-11-3)43-55(48-59)37-30-24-18-12-4)60-49-56(38-31-25-19-13-5)44-57(50-60)39-32-26-20-14-6/h33,40-51,62H,9-32,34-39H2,1-8H3. The quantitative estimate of drug-likeness (QED) is 0.0314. The third-order valence-corrected chi connectivity index (χ3v) is 19.6. The Morgan fingerprint density at radius 1 is 0.349 bits per heavy atom. The first-order valence-electron chi connectivity index (χ1n) is 27.6. The highest BCUT2D eigenvalue weighted by atomic mass is 28.3. The van der Waals surface area contributed by atoms with Crippen molar-refractivity contribution < 1.29 is 0 Å². The molecule has 0 radical (unpaired) electrons. The molecule has 1 unspecified atom stereocenters. The summed E-state index contributed by atoms with van der Waals surface area (Å²) in [5, 5.41) is 5.10. The van der Waals surface area contributed by atoms with Crippen LogP contribution >= 0.6 is 0 Å². The van der Waals surface area contributed by atoms with E-state index in [0.717, 1.165) is 0 Å². The zero-order valence-corrected chi connectivity index (χ0v) is 43.8. The number of rotatable bonds is 35. The summed E-state index contributed by atoms with van der Waals surface area (Å²) in [7, 11) is -2.79. The van der Waals surface area contributed by atoms with Crippen LogP contribution in [0, 0.1) is 5.92 Å². The average Bonchev–Trinajstić information content (AvgIpc) is 3.78. The molecule has 0 fully saturated rings. The molecule has 1 heteroatoms. The molecule has 1 aliphatic carbocycles. The molecule has 0 nitrogen and oxygen atoms in total. The number of aryl methyl sites for hydroxylation is 6. The summed E-state index contributed by atoms with van der Waals surface area (Å²) in [5.41, 5.74) is 11.7. The molecule has 0 aliphatic heterocycles. The number of benzene rings is 3. The molecule has 0 saturated heterocycles. The molecule has 0 amide bonds. The van der Waals surface area contributed by atoms with Gasteiger partial charge in [-0.05, 0) is 132 Å². The zero-order chi connectivity index (χ0) is 45.1. The number of hydrogen-bond acceptors (Lipinski definition) is 0. The van der Waals surface area contributed by atoms with Gasteiger partial charge < -0.3 is 0 Å². The highest BCUT2D eigenvalue weighted by Gasteiger charge is 2.49. The largest absolute Gasteiger partial charge is 0.159 e. The Labute approximate surface area is 393 Å². The predicted octanol–water partition coefficient (Wildman–Crippen LogP) is 17.4. The Bertz CT molecular complexity index is 1490. The van der Waals surface area contributed by atoms with Crippen LogP contribution in [0.1, 0.15) is 243 Å². The minimum Gasteiger partial charge on any atom is -0.0790 e. The molecule has 0 spiro atoms. The molecule has 0 aromatic heterocycles. The molecule has 4 rings (SSSR count). The molecular weight excluding hydrogens is 773 g/mol. The minimum atomic E-state index is -2.79. The van der Waals surface area contributed by atoms with Crippen LogP contribution in [0.15, 0.2) is 78.4 Å². The van der Waals surface area contributed by atoms with E-state index in [1.807, 2.05) is 0 Å². The molecule has 0 N–H and O–H groups in total. The summed E-state index contributed by atoms with van der Waals surface area (Å²) >= 11 is 0. The zero-order valence-electron chi connectivity index (χ0n) is 42.8. The fourth-order valence-corrected chi connectivity index (χ4v) is 16.7. The van der Waals surface area contributed by atoms with Crippen LogP contribution in [0.4, 0.5) is 0 Å². The fourth-order valence-electron chi connectivity index (χ4n) is 10.8. The first kappa shape index (κ1) is 53.0. The average molecular weight is 872 g/mol. The Morgan fingerprint density at radius 2 is 0.603 bits per heavy atom. The Hall–Kier alpha value is -2.64. The Balaban J connectivity index is 2.14. The number of hydrogen-bond donors (Lipinski definition) is 0. The lowest BCUT2D eigenvalue weighted by atomic mass is 10.00. The van der Waals surface area contributed by atoms with Gasteiger partial charge in [0, 0.05) is 5.54 Å². The van der Waals surface area contributed by atoms with E-state index in [0.29, 0.717) is 11.5 Å². The minimum absolute atomic E-state index is 0.396. The van der Waals surface area contributed by atoms with Crippen molar-refractivity contribution in [3.63, 3.8) is 0 Å². The summed E-state index contributed by atoms with van der Waals surface area (Å²) in [6, 6.07) is 24.8. The van der Waals surface area contributed by atoms with Crippen LogP contribution in [0.5, 0.6) is 0 Å². The molecule has 0 heterocycles. The maximum absolute atomic E-state index is 2.81. The number of unbranched alkanes of at least 4 members (excludes halogenated alkanes) is 18. The molecular formula is C62H98Si. The second-order valence-corrected chi connectivity index (χ2v) is 24.4. The summed E-state index contributed by atoms with van der Waals surface area (Å²) in [6.07, 6.45) is 46.6. The topological polar surface area (TPSA) is 0 Å². The predicted molar refractivity (Wildman–Crippen MR) is 287 cm³/mol. The molecule has 1 aliphatic rings. The highest BCUT2D eigenvalue weighted by molar-refractivity contribution is 7.13. The molecule has 3 aromatic carbocycles. The van der Waals surface area contributed by atoms with E-state index in [-0.39, 0.29) is 0 Å². The van der Waals surface area contributed by atoms with Crippen molar-refractivity contribution in [1.82, 2.24) is 0 Å². The molecule has 1 atom stereocenters. The van der Waals surface area contributed by atoms with Crippen molar-refractivity contribution in [2.75, 3.05) is 0 Å². The van der Waals surface area contributed by atoms with E-state index in [1.54, 1.807) is 54.5 Å². The first-order chi connectivity index (χ1) is 30.8. The SMILES string of the molecule is CCCCCCc1cc(CCCCCC)cc([Si](c2cc(CCCCCC)cc(CCCCCC)c2)(c2cc(CCCCCC)cc(CCCCCC)c2)C2C=CC=C2C(C)C)c1. The van der Waals surface area contributed by atoms with E-state index < -0.39 is 8.07 Å². The lowest BCUT2D eigenvalue weighted by Crippen LogP contribution is -2.70. The van der Waals surface area contributed by atoms with Gasteiger partial charge in [-0.1, -0.05) is 249 Å². The van der Waals surface area contributed by atoms with Crippen LogP contribution in [0.3, 0.4) is 0 Å². The van der Waals surface area contributed by atoms with E-state index in [2.05, 4.69) is 128 Å². The molecule has 3 aromatic rings. The molecule has 0 saturated carbocycles. The Morgan fingerprint density at radius 3 is 0.825 bits per heavy atom. The lowest BCUT2D eigenvalue weighted by Gasteiger charge is -2.42.